The normalized spacial score (nSPS) is 22.1. The molecule has 0 spiro atoms. The van der Waals surface area contributed by atoms with Crippen molar-refractivity contribution in [3.8, 4) is 0 Å². The highest BCUT2D eigenvalue weighted by molar-refractivity contribution is 7.99. The molecular weight excluding hydrogens is 156 g/mol. The third-order valence-electron chi connectivity index (χ3n) is 1.85. The van der Waals surface area contributed by atoms with Gasteiger partial charge in [0.05, 0.1) is 12.7 Å². The summed E-state index contributed by atoms with van der Waals surface area (Å²) in [4.78, 5) is 0. The molecule has 1 atom stereocenters. The van der Waals surface area contributed by atoms with Crippen LogP contribution in [-0.2, 0) is 4.74 Å². The summed E-state index contributed by atoms with van der Waals surface area (Å²) in [5.41, 5.74) is 0. The fourth-order valence-electron chi connectivity index (χ4n) is 1.01. The molecule has 2 heteroatoms. The minimum Gasteiger partial charge on any atom is -0.372 e. The van der Waals surface area contributed by atoms with Gasteiger partial charge < -0.3 is 4.74 Å². The van der Waals surface area contributed by atoms with E-state index in [0.29, 0.717) is 6.10 Å². The van der Waals surface area contributed by atoms with Crippen LogP contribution in [0.3, 0.4) is 0 Å². The second-order valence-corrected chi connectivity index (χ2v) is 4.24. The van der Waals surface area contributed by atoms with Gasteiger partial charge in [-0.3, -0.25) is 0 Å². The molecule has 1 rings (SSSR count). The Morgan fingerprint density at radius 2 is 2.18 bits per heavy atom. The highest BCUT2D eigenvalue weighted by atomic mass is 32.2. The van der Waals surface area contributed by atoms with Crippen molar-refractivity contribution in [2.24, 2.45) is 0 Å². The molecule has 0 aromatic carbocycles. The van der Waals surface area contributed by atoms with Crippen LogP contribution in [0.15, 0.2) is 0 Å². The van der Waals surface area contributed by atoms with E-state index >= 15 is 0 Å². The average molecular weight is 174 g/mol. The number of unbranched alkanes of at least 4 members (excludes halogenated alkanes) is 3. The second kappa shape index (κ2) is 5.90. The molecule has 0 bridgehead atoms. The van der Waals surface area contributed by atoms with Crippen LogP contribution < -0.4 is 0 Å². The number of thioether (sulfide) groups is 1. The van der Waals surface area contributed by atoms with Gasteiger partial charge in [0, 0.05) is 5.75 Å². The van der Waals surface area contributed by atoms with E-state index in [4.69, 9.17) is 4.74 Å². The molecule has 0 saturated carbocycles. The van der Waals surface area contributed by atoms with Gasteiger partial charge in [0.1, 0.15) is 0 Å². The highest BCUT2D eigenvalue weighted by Gasteiger charge is 2.21. The fraction of sp³-hybridized carbons (Fsp3) is 1.00. The minimum absolute atomic E-state index is 0.617. The van der Waals surface area contributed by atoms with Crippen LogP contribution in [0.25, 0.3) is 0 Å². The Hall–Kier alpha value is 0.310. The van der Waals surface area contributed by atoms with E-state index in [2.05, 4.69) is 6.92 Å². The molecular formula is C9H18OS. The van der Waals surface area contributed by atoms with Crippen molar-refractivity contribution in [1.29, 1.82) is 0 Å². The SMILES string of the molecule is CCCCCCSCC1CO1. The summed E-state index contributed by atoms with van der Waals surface area (Å²) in [6.07, 6.45) is 6.17. The first-order chi connectivity index (χ1) is 5.43. The van der Waals surface area contributed by atoms with Crippen LogP contribution in [0.1, 0.15) is 32.6 Å². The Bertz CT molecular complexity index is 91.6. The van der Waals surface area contributed by atoms with Gasteiger partial charge in [0.15, 0.2) is 0 Å². The van der Waals surface area contributed by atoms with Gasteiger partial charge >= 0.3 is 0 Å². The predicted octanol–water partition coefficient (Wildman–Crippen LogP) is 2.70. The number of epoxide rings is 1. The molecule has 1 aliphatic heterocycles. The molecule has 0 aromatic heterocycles. The first kappa shape index (κ1) is 9.40. The van der Waals surface area contributed by atoms with Crippen LogP contribution in [0.4, 0.5) is 0 Å². The van der Waals surface area contributed by atoms with E-state index in [1.807, 2.05) is 11.8 Å². The van der Waals surface area contributed by atoms with Crippen LogP contribution in [0.5, 0.6) is 0 Å². The maximum absolute atomic E-state index is 5.12. The molecule has 0 amide bonds. The summed E-state index contributed by atoms with van der Waals surface area (Å²) >= 11 is 2.05. The van der Waals surface area contributed by atoms with Crippen molar-refractivity contribution < 1.29 is 4.74 Å². The quantitative estimate of drug-likeness (QED) is 0.434. The van der Waals surface area contributed by atoms with Gasteiger partial charge in [0.2, 0.25) is 0 Å². The lowest BCUT2D eigenvalue weighted by Gasteiger charge is -1.97. The summed E-state index contributed by atoms with van der Waals surface area (Å²) in [7, 11) is 0. The van der Waals surface area contributed by atoms with E-state index in [0.717, 1.165) is 6.61 Å². The zero-order valence-electron chi connectivity index (χ0n) is 7.34. The van der Waals surface area contributed by atoms with E-state index in [9.17, 15) is 0 Å². The maximum atomic E-state index is 5.12. The van der Waals surface area contributed by atoms with E-state index in [-0.39, 0.29) is 0 Å². The molecule has 0 N–H and O–H groups in total. The Labute approximate surface area is 73.9 Å². The third-order valence-corrected chi connectivity index (χ3v) is 3.03. The molecule has 1 unspecified atom stereocenters. The number of ether oxygens (including phenoxy) is 1. The standard InChI is InChI=1S/C9H18OS/c1-2-3-4-5-6-11-8-9-7-10-9/h9H,2-8H2,1H3. The monoisotopic (exact) mass is 174 g/mol. The Morgan fingerprint density at radius 3 is 2.82 bits per heavy atom. The third kappa shape index (κ3) is 5.57. The molecule has 1 nitrogen and oxygen atoms in total. The molecule has 0 aliphatic carbocycles. The molecule has 0 aromatic rings. The molecule has 11 heavy (non-hydrogen) atoms. The van der Waals surface area contributed by atoms with Gasteiger partial charge in [-0.1, -0.05) is 26.2 Å². The minimum atomic E-state index is 0.617. The number of hydrogen-bond donors (Lipinski definition) is 0. The summed E-state index contributed by atoms with van der Waals surface area (Å²) in [5, 5.41) is 0. The second-order valence-electron chi connectivity index (χ2n) is 3.09. The van der Waals surface area contributed by atoms with Gasteiger partial charge in [-0.15, -0.1) is 0 Å². The van der Waals surface area contributed by atoms with Crippen LogP contribution in [-0.4, -0.2) is 24.2 Å². The fourth-order valence-corrected chi connectivity index (χ4v) is 2.04. The van der Waals surface area contributed by atoms with Gasteiger partial charge in [-0.05, 0) is 12.2 Å². The van der Waals surface area contributed by atoms with Gasteiger partial charge in [0.25, 0.3) is 0 Å². The van der Waals surface area contributed by atoms with Crippen LogP contribution in [0, 0.1) is 0 Å². The van der Waals surface area contributed by atoms with Crippen LogP contribution in [0.2, 0.25) is 0 Å². The van der Waals surface area contributed by atoms with Gasteiger partial charge in [-0.25, -0.2) is 0 Å². The number of rotatable bonds is 7. The number of hydrogen-bond acceptors (Lipinski definition) is 2. The zero-order valence-corrected chi connectivity index (χ0v) is 8.16. The maximum Gasteiger partial charge on any atom is 0.0900 e. The molecule has 0 radical (unpaired) electrons. The average Bonchev–Trinajstić information content (AvgIpc) is 2.80. The van der Waals surface area contributed by atoms with E-state index in [1.165, 1.54) is 37.2 Å². The molecule has 1 aliphatic rings. The first-order valence-corrected chi connectivity index (χ1v) is 5.78. The van der Waals surface area contributed by atoms with Crippen molar-refractivity contribution in [3.63, 3.8) is 0 Å². The largest absolute Gasteiger partial charge is 0.372 e. The molecule has 1 saturated heterocycles. The summed E-state index contributed by atoms with van der Waals surface area (Å²) in [6.45, 7) is 3.27. The summed E-state index contributed by atoms with van der Waals surface area (Å²) in [6, 6.07) is 0. The summed E-state index contributed by atoms with van der Waals surface area (Å²) in [5.74, 6) is 2.56. The lowest BCUT2D eigenvalue weighted by Crippen LogP contribution is -1.90. The topological polar surface area (TPSA) is 12.5 Å². The zero-order chi connectivity index (χ0) is 7.94. The smallest absolute Gasteiger partial charge is 0.0900 e. The van der Waals surface area contributed by atoms with Crippen molar-refractivity contribution in [2.45, 2.75) is 38.7 Å². The van der Waals surface area contributed by atoms with Crippen molar-refractivity contribution >= 4 is 11.8 Å². The first-order valence-electron chi connectivity index (χ1n) is 4.63. The Balaban J connectivity index is 1.66. The van der Waals surface area contributed by atoms with Gasteiger partial charge in [-0.2, -0.15) is 11.8 Å². The highest BCUT2D eigenvalue weighted by Crippen LogP contribution is 2.17. The lowest BCUT2D eigenvalue weighted by molar-refractivity contribution is 0.426. The lowest BCUT2D eigenvalue weighted by atomic mass is 10.2. The van der Waals surface area contributed by atoms with Crippen LogP contribution >= 0.6 is 11.8 Å². The molecule has 1 heterocycles. The predicted molar refractivity (Wildman–Crippen MR) is 51.2 cm³/mol. The molecule has 1 fully saturated rings. The van der Waals surface area contributed by atoms with Crippen molar-refractivity contribution in [2.75, 3.05) is 18.1 Å². The summed E-state index contributed by atoms with van der Waals surface area (Å²) < 4.78 is 5.12. The molecule has 66 valence electrons. The van der Waals surface area contributed by atoms with E-state index in [1.54, 1.807) is 0 Å². The van der Waals surface area contributed by atoms with Crippen molar-refractivity contribution in [3.05, 3.63) is 0 Å². The van der Waals surface area contributed by atoms with Crippen molar-refractivity contribution in [1.82, 2.24) is 0 Å². The Morgan fingerprint density at radius 1 is 1.36 bits per heavy atom. The Kier molecular flexibility index (Phi) is 5.04. The van der Waals surface area contributed by atoms with E-state index < -0.39 is 0 Å².